The van der Waals surface area contributed by atoms with Gasteiger partial charge in [0.25, 0.3) is 0 Å². The molecule has 0 bridgehead atoms. The van der Waals surface area contributed by atoms with E-state index in [0.29, 0.717) is 0 Å². The highest BCUT2D eigenvalue weighted by Crippen LogP contribution is 2.03. The molecule has 1 saturated heterocycles. The molecule has 0 saturated carbocycles. The standard InChI is InChI=1S/C5H12N2O/c1-7-2-4(6)5(8)3-7/h4-5,8H,2-3,6H2,1H3/t4-,5-/m0/s1. The minimum Gasteiger partial charge on any atom is -0.390 e. The Balaban J connectivity index is 2.39. The molecule has 1 fully saturated rings. The van der Waals surface area contributed by atoms with Crippen LogP contribution in [0.5, 0.6) is 0 Å². The second kappa shape index (κ2) is 2.01. The number of hydrogen-bond donors (Lipinski definition) is 2. The minimum absolute atomic E-state index is 0.0278. The van der Waals surface area contributed by atoms with Gasteiger partial charge in [-0.25, -0.2) is 0 Å². The Morgan fingerprint density at radius 1 is 1.62 bits per heavy atom. The molecule has 1 rings (SSSR count). The first kappa shape index (κ1) is 6.01. The summed E-state index contributed by atoms with van der Waals surface area (Å²) in [7, 11) is 1.95. The van der Waals surface area contributed by atoms with Gasteiger partial charge in [0.15, 0.2) is 0 Å². The Bertz CT molecular complexity index is 76.5. The second-order valence-electron chi connectivity index (χ2n) is 2.45. The summed E-state index contributed by atoms with van der Waals surface area (Å²) < 4.78 is 0. The SMILES string of the molecule is CN1C[C@H](N)[C@@H](O)C1. The average Bonchev–Trinajstić information content (AvgIpc) is 1.85. The third-order valence-corrected chi connectivity index (χ3v) is 1.52. The number of nitrogens with zero attached hydrogens (tertiary/aromatic N) is 1. The van der Waals surface area contributed by atoms with Gasteiger partial charge in [0.05, 0.1) is 6.10 Å². The van der Waals surface area contributed by atoms with Crippen LogP contribution in [0.2, 0.25) is 0 Å². The Labute approximate surface area is 49.1 Å². The Kier molecular flexibility index (Phi) is 1.51. The van der Waals surface area contributed by atoms with E-state index in [1.807, 2.05) is 11.9 Å². The second-order valence-corrected chi connectivity index (χ2v) is 2.45. The van der Waals surface area contributed by atoms with Crippen molar-refractivity contribution in [2.45, 2.75) is 12.1 Å². The van der Waals surface area contributed by atoms with Crippen molar-refractivity contribution in [1.29, 1.82) is 0 Å². The van der Waals surface area contributed by atoms with Gasteiger partial charge in [0.2, 0.25) is 0 Å². The van der Waals surface area contributed by atoms with Crippen LogP contribution in [-0.4, -0.2) is 42.3 Å². The quantitative estimate of drug-likeness (QED) is 0.410. The molecule has 1 aliphatic heterocycles. The highest BCUT2D eigenvalue weighted by Gasteiger charge is 2.24. The summed E-state index contributed by atoms with van der Waals surface area (Å²) in [6, 6.07) is -0.0278. The molecule has 0 aliphatic carbocycles. The monoisotopic (exact) mass is 116 g/mol. The first-order valence-corrected chi connectivity index (χ1v) is 2.82. The van der Waals surface area contributed by atoms with Crippen LogP contribution in [0.25, 0.3) is 0 Å². The zero-order chi connectivity index (χ0) is 6.15. The molecule has 0 aromatic heterocycles. The number of rotatable bonds is 0. The fourth-order valence-corrected chi connectivity index (χ4v) is 1.01. The molecule has 3 heteroatoms. The highest BCUT2D eigenvalue weighted by molar-refractivity contribution is 4.84. The lowest BCUT2D eigenvalue weighted by molar-refractivity contribution is 0.169. The molecule has 0 aromatic carbocycles. The maximum atomic E-state index is 9.00. The molecule has 3 N–H and O–H groups in total. The molecular weight excluding hydrogens is 104 g/mol. The zero-order valence-electron chi connectivity index (χ0n) is 5.04. The number of nitrogens with two attached hydrogens (primary N) is 1. The molecule has 3 nitrogen and oxygen atoms in total. The van der Waals surface area contributed by atoms with Crippen molar-refractivity contribution in [1.82, 2.24) is 4.90 Å². The maximum Gasteiger partial charge on any atom is 0.0830 e. The van der Waals surface area contributed by atoms with Gasteiger partial charge < -0.3 is 15.7 Å². The summed E-state index contributed by atoms with van der Waals surface area (Å²) in [4.78, 5) is 2.02. The van der Waals surface area contributed by atoms with Crippen molar-refractivity contribution in [3.05, 3.63) is 0 Å². The van der Waals surface area contributed by atoms with E-state index in [2.05, 4.69) is 0 Å². The average molecular weight is 116 g/mol. The Morgan fingerprint density at radius 2 is 2.25 bits per heavy atom. The summed E-state index contributed by atoms with van der Waals surface area (Å²) in [5.41, 5.74) is 5.48. The lowest BCUT2D eigenvalue weighted by Gasteiger charge is -2.03. The van der Waals surface area contributed by atoms with Crippen LogP contribution >= 0.6 is 0 Å². The van der Waals surface area contributed by atoms with Crippen LogP contribution in [0.15, 0.2) is 0 Å². The van der Waals surface area contributed by atoms with E-state index in [0.717, 1.165) is 13.1 Å². The minimum atomic E-state index is -0.306. The van der Waals surface area contributed by atoms with Gasteiger partial charge in [-0.2, -0.15) is 0 Å². The molecule has 0 unspecified atom stereocenters. The van der Waals surface area contributed by atoms with E-state index in [-0.39, 0.29) is 12.1 Å². The van der Waals surface area contributed by atoms with Crippen molar-refractivity contribution in [2.75, 3.05) is 20.1 Å². The Morgan fingerprint density at radius 3 is 2.38 bits per heavy atom. The van der Waals surface area contributed by atoms with Crippen LogP contribution in [0.3, 0.4) is 0 Å². The molecule has 8 heavy (non-hydrogen) atoms. The van der Waals surface area contributed by atoms with Crippen molar-refractivity contribution >= 4 is 0 Å². The first-order chi connectivity index (χ1) is 3.70. The number of aliphatic hydroxyl groups excluding tert-OH is 1. The predicted molar refractivity (Wildman–Crippen MR) is 31.5 cm³/mol. The maximum absolute atomic E-state index is 9.00. The van der Waals surface area contributed by atoms with Crippen molar-refractivity contribution in [3.8, 4) is 0 Å². The molecule has 0 spiro atoms. The predicted octanol–water partition coefficient (Wildman–Crippen LogP) is -1.38. The van der Waals surface area contributed by atoms with Crippen molar-refractivity contribution < 1.29 is 5.11 Å². The van der Waals surface area contributed by atoms with Gasteiger partial charge in [0.1, 0.15) is 0 Å². The van der Waals surface area contributed by atoms with E-state index in [4.69, 9.17) is 10.8 Å². The summed E-state index contributed by atoms with van der Waals surface area (Å²) in [6.07, 6.45) is -0.306. The largest absolute Gasteiger partial charge is 0.390 e. The van der Waals surface area contributed by atoms with Gasteiger partial charge >= 0.3 is 0 Å². The first-order valence-electron chi connectivity index (χ1n) is 2.82. The van der Waals surface area contributed by atoms with Crippen LogP contribution in [0.4, 0.5) is 0 Å². The lowest BCUT2D eigenvalue weighted by atomic mass is 10.2. The number of aliphatic hydroxyl groups is 1. The third kappa shape index (κ3) is 0.992. The van der Waals surface area contributed by atoms with Crippen LogP contribution in [0, 0.1) is 0 Å². The fourth-order valence-electron chi connectivity index (χ4n) is 1.01. The molecule has 48 valence electrons. The van der Waals surface area contributed by atoms with Crippen molar-refractivity contribution in [3.63, 3.8) is 0 Å². The molecule has 1 aliphatic rings. The molecular formula is C5H12N2O. The van der Waals surface area contributed by atoms with Crippen LogP contribution in [0.1, 0.15) is 0 Å². The molecule has 0 aromatic rings. The van der Waals surface area contributed by atoms with Gasteiger partial charge in [-0.3, -0.25) is 0 Å². The molecule has 0 amide bonds. The smallest absolute Gasteiger partial charge is 0.0830 e. The van der Waals surface area contributed by atoms with Gasteiger partial charge in [0, 0.05) is 19.1 Å². The van der Waals surface area contributed by atoms with Gasteiger partial charge in [-0.05, 0) is 7.05 Å². The molecule has 1 heterocycles. The topological polar surface area (TPSA) is 49.5 Å². The van der Waals surface area contributed by atoms with Crippen molar-refractivity contribution in [2.24, 2.45) is 5.73 Å². The third-order valence-electron chi connectivity index (χ3n) is 1.52. The van der Waals surface area contributed by atoms with E-state index in [1.54, 1.807) is 0 Å². The number of likely N-dealkylation sites (tertiary alicyclic amines) is 1. The highest BCUT2D eigenvalue weighted by atomic mass is 16.3. The van der Waals surface area contributed by atoms with E-state index in [1.165, 1.54) is 0 Å². The number of β-amino-alcohol motifs (C(OH)–C–C–N with tert-alkyl or cyclic N) is 1. The zero-order valence-corrected chi connectivity index (χ0v) is 5.04. The molecule has 0 radical (unpaired) electrons. The summed E-state index contributed by atoms with van der Waals surface area (Å²) in [5.74, 6) is 0. The van der Waals surface area contributed by atoms with Gasteiger partial charge in [-0.1, -0.05) is 0 Å². The van der Waals surface area contributed by atoms with E-state index >= 15 is 0 Å². The normalized spacial score (nSPS) is 40.9. The van der Waals surface area contributed by atoms with E-state index in [9.17, 15) is 0 Å². The number of likely N-dealkylation sites (N-methyl/N-ethyl adjacent to an activating group) is 1. The summed E-state index contributed by atoms with van der Waals surface area (Å²) >= 11 is 0. The Hall–Kier alpha value is -0.120. The summed E-state index contributed by atoms with van der Waals surface area (Å²) in [6.45, 7) is 1.54. The number of hydrogen-bond acceptors (Lipinski definition) is 3. The molecule has 2 atom stereocenters. The fraction of sp³-hybridized carbons (Fsp3) is 1.00. The summed E-state index contributed by atoms with van der Waals surface area (Å²) in [5, 5.41) is 9.00. The van der Waals surface area contributed by atoms with E-state index < -0.39 is 0 Å². The van der Waals surface area contributed by atoms with Crippen LogP contribution in [-0.2, 0) is 0 Å². The lowest BCUT2D eigenvalue weighted by Crippen LogP contribution is -2.32. The van der Waals surface area contributed by atoms with Crippen LogP contribution < -0.4 is 5.73 Å². The van der Waals surface area contributed by atoms with Gasteiger partial charge in [-0.15, -0.1) is 0 Å².